The maximum Gasteiger partial charge on any atom is 0.323 e. The highest BCUT2D eigenvalue weighted by molar-refractivity contribution is 8.00. The molecule has 202 valence electrons. The molecule has 3 aromatic carbocycles. The van der Waals surface area contributed by atoms with E-state index in [4.69, 9.17) is 4.74 Å². The number of hydrogen-bond donors (Lipinski definition) is 3. The average Bonchev–Trinajstić information content (AvgIpc) is 3.42. The lowest BCUT2D eigenvalue weighted by atomic mass is 9.83. The molecule has 6 rings (SSSR count). The van der Waals surface area contributed by atoms with Crippen LogP contribution in [0.3, 0.4) is 0 Å². The number of rotatable bonds is 7. The number of hydrogen-bond acceptors (Lipinski definition) is 8. The Labute approximate surface area is 235 Å². The molecule has 2 aliphatic rings. The normalized spacial score (nSPS) is 19.8. The number of aromatic nitrogens is 1. The first-order valence-electron chi connectivity index (χ1n) is 12.3. The van der Waals surface area contributed by atoms with Gasteiger partial charge in [0.2, 0.25) is 11.8 Å². The number of carbonyl (C=O) groups is 4. The van der Waals surface area contributed by atoms with Crippen molar-refractivity contribution in [2.24, 2.45) is 5.92 Å². The number of nitrogens with one attached hydrogen (secondary N) is 2. The molecule has 4 aromatic rings. The van der Waals surface area contributed by atoms with E-state index in [0.29, 0.717) is 26.9 Å². The van der Waals surface area contributed by atoms with Crippen LogP contribution in [0.5, 0.6) is 5.75 Å². The largest absolute Gasteiger partial charge is 0.484 e. The minimum absolute atomic E-state index is 0.272. The predicted octanol–water partition coefficient (Wildman–Crippen LogP) is 3.28. The Kier molecular flexibility index (Phi) is 6.64. The van der Waals surface area contributed by atoms with Crippen molar-refractivity contribution in [3.8, 4) is 5.75 Å². The summed E-state index contributed by atoms with van der Waals surface area (Å²) in [5, 5.41) is 13.6. The summed E-state index contributed by atoms with van der Waals surface area (Å²) in [6.45, 7) is -0.997. The van der Waals surface area contributed by atoms with Crippen LogP contribution in [0.1, 0.15) is 16.4 Å². The zero-order valence-corrected chi connectivity index (χ0v) is 22.3. The van der Waals surface area contributed by atoms with Crippen LogP contribution in [0.25, 0.3) is 10.8 Å². The minimum atomic E-state index is -1.29. The van der Waals surface area contributed by atoms with Gasteiger partial charge in [0.05, 0.1) is 10.9 Å². The molecule has 3 heterocycles. The van der Waals surface area contributed by atoms with E-state index in [-0.39, 0.29) is 17.4 Å². The van der Waals surface area contributed by atoms with Gasteiger partial charge in [-0.1, -0.05) is 71.6 Å². The minimum Gasteiger partial charge on any atom is -0.484 e. The third-order valence-electron chi connectivity index (χ3n) is 6.86. The van der Waals surface area contributed by atoms with E-state index < -0.39 is 41.4 Å². The van der Waals surface area contributed by atoms with Gasteiger partial charge in [0.15, 0.2) is 6.61 Å². The molecule has 40 heavy (non-hydrogen) atoms. The van der Waals surface area contributed by atoms with Crippen molar-refractivity contribution in [1.29, 1.82) is 0 Å². The highest BCUT2D eigenvalue weighted by Gasteiger charge is 2.56. The number of likely N-dealkylation sites (tertiary alicyclic amines) is 1. The number of ether oxygens (including phenoxy) is 1. The van der Waals surface area contributed by atoms with Gasteiger partial charge < -0.3 is 20.1 Å². The van der Waals surface area contributed by atoms with Crippen molar-refractivity contribution < 1.29 is 29.0 Å². The number of carboxylic acids is 1. The first-order chi connectivity index (χ1) is 19.3. The van der Waals surface area contributed by atoms with Gasteiger partial charge in [-0.25, -0.2) is 0 Å². The van der Waals surface area contributed by atoms with E-state index in [1.54, 1.807) is 24.3 Å². The number of carboxylic acid groups (broad SMARTS) is 1. The fourth-order valence-electron chi connectivity index (χ4n) is 5.19. The zero-order valence-electron chi connectivity index (χ0n) is 20.7. The Bertz CT molecular complexity index is 1740. The second kappa shape index (κ2) is 10.3. The topological polar surface area (TPSA) is 146 Å². The number of fused-ring (bicyclic) bond motifs is 3. The van der Waals surface area contributed by atoms with E-state index in [0.717, 1.165) is 38.8 Å². The number of thioether (sulfide) groups is 1. The van der Waals surface area contributed by atoms with Gasteiger partial charge in [-0.05, 0) is 29.1 Å². The molecule has 3 amide bonds. The molecule has 1 saturated heterocycles. The number of imide groups is 1. The molecule has 0 unspecified atom stereocenters. The van der Waals surface area contributed by atoms with Crippen molar-refractivity contribution in [3.63, 3.8) is 0 Å². The van der Waals surface area contributed by atoms with E-state index in [2.05, 4.69) is 10.3 Å². The van der Waals surface area contributed by atoms with Crippen LogP contribution in [0.15, 0.2) is 76.6 Å². The number of aliphatic carboxylic acids is 1. The van der Waals surface area contributed by atoms with Gasteiger partial charge in [-0.2, -0.15) is 0 Å². The van der Waals surface area contributed by atoms with Crippen LogP contribution >= 0.6 is 23.1 Å². The van der Waals surface area contributed by atoms with Crippen molar-refractivity contribution in [2.45, 2.75) is 16.2 Å². The molecule has 0 spiro atoms. The average molecular weight is 576 g/mol. The third-order valence-corrected chi connectivity index (χ3v) is 9.26. The van der Waals surface area contributed by atoms with Gasteiger partial charge in [0.25, 0.3) is 5.91 Å². The molecule has 0 saturated carbocycles. The van der Waals surface area contributed by atoms with Crippen LogP contribution < -0.4 is 14.9 Å². The van der Waals surface area contributed by atoms with Crippen LogP contribution in [0.4, 0.5) is 5.69 Å². The summed E-state index contributed by atoms with van der Waals surface area (Å²) in [4.78, 5) is 66.4. The van der Waals surface area contributed by atoms with E-state index in [1.807, 2.05) is 42.5 Å². The molecular formula is C28H21N3O7S2. The van der Waals surface area contributed by atoms with Crippen molar-refractivity contribution >= 4 is 63.2 Å². The molecule has 0 radical (unpaired) electrons. The number of thiazole rings is 1. The van der Waals surface area contributed by atoms with Gasteiger partial charge in [-0.3, -0.25) is 28.9 Å². The van der Waals surface area contributed by atoms with Crippen LogP contribution in [0.2, 0.25) is 0 Å². The van der Waals surface area contributed by atoms with E-state index in [9.17, 15) is 29.1 Å². The fraction of sp³-hybridized carbons (Fsp3) is 0.179. The Morgan fingerprint density at radius 2 is 1.77 bits per heavy atom. The summed E-state index contributed by atoms with van der Waals surface area (Å²) in [5.41, 5.74) is 1.27. The SMILES string of the molecule is O=C(O)CN1C(=O)[C@@H]2[C@H](c3cccc(OCC(=O)Nc4cccc5ccccc45)c3)c3sc(=O)[nH]c3S[C@@H]2C1=O. The molecule has 0 bridgehead atoms. The standard InChI is InChI=1S/C28H21N3O7S2/c32-19(29-18-10-4-6-14-5-1-2-9-17(14)18)13-38-16-8-3-7-15(11-16)21-22-24(39-25-23(21)40-28(37)30-25)27(36)31(26(22)35)12-20(33)34/h1-11,21-22,24H,12-13H2,(H,29,32)(H,30,37)(H,33,34)/t21-,22+,24-/m0/s1. The number of aromatic amines is 1. The highest BCUT2D eigenvalue weighted by Crippen LogP contribution is 2.52. The number of nitrogens with zero attached hydrogens (tertiary/aromatic N) is 1. The molecule has 1 aromatic heterocycles. The number of H-pyrrole nitrogens is 1. The Morgan fingerprint density at radius 1 is 1.00 bits per heavy atom. The van der Waals surface area contributed by atoms with Crippen LogP contribution in [0, 0.1) is 5.92 Å². The van der Waals surface area contributed by atoms with Crippen LogP contribution in [-0.2, 0) is 19.2 Å². The first kappa shape index (κ1) is 25.8. The van der Waals surface area contributed by atoms with Gasteiger partial charge in [0.1, 0.15) is 17.5 Å². The van der Waals surface area contributed by atoms with Crippen LogP contribution in [-0.4, -0.2) is 57.1 Å². The summed E-state index contributed by atoms with van der Waals surface area (Å²) in [7, 11) is 0. The summed E-state index contributed by atoms with van der Waals surface area (Å²) < 4.78 is 5.79. The molecule has 10 nitrogen and oxygen atoms in total. The number of benzene rings is 3. The summed E-state index contributed by atoms with van der Waals surface area (Å²) >= 11 is 2.03. The lowest BCUT2D eigenvalue weighted by molar-refractivity contribution is -0.149. The Balaban J connectivity index is 1.25. The summed E-state index contributed by atoms with van der Waals surface area (Å²) in [6, 6.07) is 20.1. The van der Waals surface area contributed by atoms with Gasteiger partial charge >= 0.3 is 10.8 Å². The molecular weight excluding hydrogens is 554 g/mol. The second-order valence-corrected chi connectivity index (χ2v) is 11.5. The molecule has 3 N–H and O–H groups in total. The lowest BCUT2D eigenvalue weighted by Gasteiger charge is -2.30. The third kappa shape index (κ3) is 4.65. The van der Waals surface area contributed by atoms with Crippen molar-refractivity contribution in [2.75, 3.05) is 18.5 Å². The number of carbonyl (C=O) groups excluding carboxylic acids is 3. The monoisotopic (exact) mass is 575 g/mol. The second-order valence-electron chi connectivity index (χ2n) is 9.34. The van der Waals surface area contributed by atoms with Gasteiger partial charge in [-0.15, -0.1) is 0 Å². The fourth-order valence-corrected chi connectivity index (χ4v) is 7.73. The smallest absolute Gasteiger partial charge is 0.323 e. The van der Waals surface area contributed by atoms with Crippen molar-refractivity contribution in [3.05, 3.63) is 86.8 Å². The number of anilines is 1. The quantitative estimate of drug-likeness (QED) is 0.285. The molecule has 12 heteroatoms. The molecule has 0 aliphatic carbocycles. The molecule has 2 aliphatic heterocycles. The predicted molar refractivity (Wildman–Crippen MR) is 149 cm³/mol. The van der Waals surface area contributed by atoms with Gasteiger partial charge in [0, 0.05) is 21.9 Å². The Hall–Kier alpha value is -4.42. The first-order valence-corrected chi connectivity index (χ1v) is 14.0. The number of amides is 3. The molecule has 1 fully saturated rings. The van der Waals surface area contributed by atoms with Crippen molar-refractivity contribution in [1.82, 2.24) is 9.88 Å². The molecule has 3 atom stereocenters. The van der Waals surface area contributed by atoms with E-state index in [1.165, 1.54) is 0 Å². The summed E-state index contributed by atoms with van der Waals surface area (Å²) in [6.07, 6.45) is 0. The lowest BCUT2D eigenvalue weighted by Crippen LogP contribution is -2.36. The Morgan fingerprint density at radius 3 is 2.60 bits per heavy atom. The zero-order chi connectivity index (χ0) is 28.0. The highest BCUT2D eigenvalue weighted by atomic mass is 32.2. The van der Waals surface area contributed by atoms with E-state index >= 15 is 0 Å². The maximum atomic E-state index is 13.3. The summed E-state index contributed by atoms with van der Waals surface area (Å²) in [5.74, 6) is -4.03. The maximum absolute atomic E-state index is 13.3.